The number of nitrogens with zero attached hydrogens (tertiary/aromatic N) is 4. The zero-order valence-electron chi connectivity index (χ0n) is 9.58. The van der Waals surface area contributed by atoms with Gasteiger partial charge in [-0.15, -0.1) is 0 Å². The van der Waals surface area contributed by atoms with Crippen LogP contribution < -0.4 is 4.90 Å². The van der Waals surface area contributed by atoms with Gasteiger partial charge in [0.1, 0.15) is 0 Å². The van der Waals surface area contributed by atoms with Gasteiger partial charge in [0.15, 0.2) is 0 Å². The second-order valence-electron chi connectivity index (χ2n) is 4.40. The standard InChI is InChI=1S/C12H15N5/c1-2-4-10(5-3-1)11-6-8-17(9-7-11)12-13-15-16-14-12/h1-5,11H,6-9H2,(H,13,14,15,16). The SMILES string of the molecule is c1ccc(C2CCN(c3nnn[nH]3)CC2)cc1. The van der Waals surface area contributed by atoms with E-state index in [0.29, 0.717) is 5.92 Å². The summed E-state index contributed by atoms with van der Waals surface area (Å²) in [5.74, 6) is 1.46. The Morgan fingerprint density at radius 2 is 1.88 bits per heavy atom. The number of tetrazole rings is 1. The molecule has 1 aliphatic rings. The molecule has 2 aromatic rings. The molecule has 5 heteroatoms. The third-order valence-corrected chi connectivity index (χ3v) is 3.40. The minimum absolute atomic E-state index is 0.670. The average molecular weight is 229 g/mol. The Morgan fingerprint density at radius 3 is 2.53 bits per heavy atom. The fourth-order valence-corrected chi connectivity index (χ4v) is 2.44. The zero-order chi connectivity index (χ0) is 11.5. The van der Waals surface area contributed by atoms with Crippen LogP contribution in [0, 0.1) is 0 Å². The van der Waals surface area contributed by atoms with Crippen molar-refractivity contribution in [3.05, 3.63) is 35.9 Å². The van der Waals surface area contributed by atoms with E-state index in [0.717, 1.165) is 31.9 Å². The molecule has 1 aromatic carbocycles. The van der Waals surface area contributed by atoms with E-state index >= 15 is 0 Å². The van der Waals surface area contributed by atoms with Gasteiger partial charge < -0.3 is 4.90 Å². The summed E-state index contributed by atoms with van der Waals surface area (Å²) < 4.78 is 0. The van der Waals surface area contributed by atoms with Crippen molar-refractivity contribution in [2.24, 2.45) is 0 Å². The average Bonchev–Trinajstić information content (AvgIpc) is 2.94. The quantitative estimate of drug-likeness (QED) is 0.849. The summed E-state index contributed by atoms with van der Waals surface area (Å²) in [6.45, 7) is 2.02. The zero-order valence-corrected chi connectivity index (χ0v) is 9.58. The van der Waals surface area contributed by atoms with Crippen LogP contribution in [0.3, 0.4) is 0 Å². The Labute approximate surface area is 99.8 Å². The lowest BCUT2D eigenvalue weighted by Gasteiger charge is -2.31. The van der Waals surface area contributed by atoms with Crippen LogP contribution in [0.4, 0.5) is 5.95 Å². The molecular weight excluding hydrogens is 214 g/mol. The lowest BCUT2D eigenvalue weighted by atomic mass is 9.90. The molecule has 0 unspecified atom stereocenters. The van der Waals surface area contributed by atoms with Crippen molar-refractivity contribution in [3.63, 3.8) is 0 Å². The molecule has 0 saturated carbocycles. The Morgan fingerprint density at radius 1 is 1.12 bits per heavy atom. The predicted molar refractivity (Wildman–Crippen MR) is 64.8 cm³/mol. The van der Waals surface area contributed by atoms with Crippen LogP contribution in [-0.2, 0) is 0 Å². The number of hydrogen-bond acceptors (Lipinski definition) is 4. The molecule has 2 heterocycles. The molecule has 0 spiro atoms. The number of aromatic nitrogens is 4. The molecule has 3 rings (SSSR count). The van der Waals surface area contributed by atoms with E-state index in [-0.39, 0.29) is 0 Å². The summed E-state index contributed by atoms with van der Waals surface area (Å²) in [6, 6.07) is 10.7. The molecular formula is C12H15N5. The lowest BCUT2D eigenvalue weighted by molar-refractivity contribution is 0.499. The maximum Gasteiger partial charge on any atom is 0.242 e. The first-order valence-corrected chi connectivity index (χ1v) is 5.97. The number of hydrogen-bond donors (Lipinski definition) is 1. The first kappa shape index (κ1) is 10.3. The lowest BCUT2D eigenvalue weighted by Crippen LogP contribution is -2.33. The highest BCUT2D eigenvalue weighted by molar-refractivity contribution is 5.29. The Bertz CT molecular complexity index is 445. The van der Waals surface area contributed by atoms with Gasteiger partial charge >= 0.3 is 0 Å². The van der Waals surface area contributed by atoms with Crippen LogP contribution in [0.25, 0.3) is 0 Å². The summed E-state index contributed by atoms with van der Waals surface area (Å²) in [6.07, 6.45) is 2.31. The molecule has 0 amide bonds. The number of nitrogens with one attached hydrogen (secondary N) is 1. The summed E-state index contributed by atoms with van der Waals surface area (Å²) in [5, 5.41) is 14.0. The fraction of sp³-hybridized carbons (Fsp3) is 0.417. The van der Waals surface area contributed by atoms with E-state index in [4.69, 9.17) is 0 Å². The minimum atomic E-state index is 0.670. The summed E-state index contributed by atoms with van der Waals surface area (Å²) in [4.78, 5) is 2.21. The van der Waals surface area contributed by atoms with Crippen molar-refractivity contribution in [1.29, 1.82) is 0 Å². The molecule has 5 nitrogen and oxygen atoms in total. The van der Waals surface area contributed by atoms with Crippen molar-refractivity contribution in [2.75, 3.05) is 18.0 Å². The Hall–Kier alpha value is -1.91. The first-order valence-electron chi connectivity index (χ1n) is 5.97. The number of rotatable bonds is 2. The number of anilines is 1. The molecule has 0 radical (unpaired) electrons. The van der Waals surface area contributed by atoms with Gasteiger partial charge in [0, 0.05) is 13.1 Å². The second kappa shape index (κ2) is 4.53. The predicted octanol–water partition coefficient (Wildman–Crippen LogP) is 1.58. The minimum Gasteiger partial charge on any atom is -0.340 e. The number of piperidine rings is 1. The molecule has 0 bridgehead atoms. The largest absolute Gasteiger partial charge is 0.340 e. The monoisotopic (exact) mass is 229 g/mol. The van der Waals surface area contributed by atoms with E-state index in [9.17, 15) is 0 Å². The van der Waals surface area contributed by atoms with Gasteiger partial charge in [0.05, 0.1) is 0 Å². The van der Waals surface area contributed by atoms with Gasteiger partial charge in [0.25, 0.3) is 0 Å². The van der Waals surface area contributed by atoms with Gasteiger partial charge in [-0.25, -0.2) is 5.10 Å². The van der Waals surface area contributed by atoms with Crippen molar-refractivity contribution < 1.29 is 0 Å². The van der Waals surface area contributed by atoms with Crippen molar-refractivity contribution in [3.8, 4) is 0 Å². The number of H-pyrrole nitrogens is 1. The first-order chi connectivity index (χ1) is 8.43. The molecule has 1 saturated heterocycles. The molecule has 1 aromatic heterocycles. The molecule has 0 atom stereocenters. The fourth-order valence-electron chi connectivity index (χ4n) is 2.44. The third-order valence-electron chi connectivity index (χ3n) is 3.40. The smallest absolute Gasteiger partial charge is 0.242 e. The third kappa shape index (κ3) is 2.13. The molecule has 88 valence electrons. The molecule has 1 aliphatic heterocycles. The highest BCUT2D eigenvalue weighted by atomic mass is 15.5. The highest BCUT2D eigenvalue weighted by Gasteiger charge is 2.21. The van der Waals surface area contributed by atoms with Gasteiger partial charge in [0.2, 0.25) is 5.95 Å². The molecule has 0 aliphatic carbocycles. The van der Waals surface area contributed by atoms with Gasteiger partial charge in [-0.1, -0.05) is 35.4 Å². The van der Waals surface area contributed by atoms with Crippen molar-refractivity contribution in [2.45, 2.75) is 18.8 Å². The Balaban J connectivity index is 1.65. The van der Waals surface area contributed by atoms with Crippen LogP contribution in [0.15, 0.2) is 30.3 Å². The van der Waals surface area contributed by atoms with Crippen LogP contribution >= 0.6 is 0 Å². The van der Waals surface area contributed by atoms with E-state index in [2.05, 4.69) is 55.9 Å². The van der Waals surface area contributed by atoms with Crippen molar-refractivity contribution in [1.82, 2.24) is 20.6 Å². The van der Waals surface area contributed by atoms with Gasteiger partial charge in [-0.2, -0.15) is 0 Å². The Kier molecular flexibility index (Phi) is 2.73. The van der Waals surface area contributed by atoms with E-state index < -0.39 is 0 Å². The van der Waals surface area contributed by atoms with Crippen LogP contribution in [0.1, 0.15) is 24.3 Å². The summed E-state index contributed by atoms with van der Waals surface area (Å²) in [7, 11) is 0. The van der Waals surface area contributed by atoms with Gasteiger partial charge in [-0.05, 0) is 34.7 Å². The second-order valence-corrected chi connectivity index (χ2v) is 4.40. The van der Waals surface area contributed by atoms with E-state index in [1.54, 1.807) is 0 Å². The summed E-state index contributed by atoms with van der Waals surface area (Å²) >= 11 is 0. The molecule has 1 fully saturated rings. The van der Waals surface area contributed by atoms with Crippen molar-refractivity contribution >= 4 is 5.95 Å². The molecule has 17 heavy (non-hydrogen) atoms. The van der Waals surface area contributed by atoms with Crippen LogP contribution in [0.5, 0.6) is 0 Å². The maximum absolute atomic E-state index is 3.95. The highest BCUT2D eigenvalue weighted by Crippen LogP contribution is 2.28. The van der Waals surface area contributed by atoms with Crippen LogP contribution in [-0.4, -0.2) is 33.7 Å². The maximum atomic E-state index is 3.95. The number of benzene rings is 1. The van der Waals surface area contributed by atoms with E-state index in [1.165, 1.54) is 5.56 Å². The molecule has 1 N–H and O–H groups in total. The topological polar surface area (TPSA) is 57.7 Å². The van der Waals surface area contributed by atoms with E-state index in [1.807, 2.05) is 0 Å². The number of aromatic amines is 1. The van der Waals surface area contributed by atoms with Gasteiger partial charge in [-0.3, -0.25) is 0 Å². The normalized spacial score (nSPS) is 17.3. The summed E-state index contributed by atoms with van der Waals surface area (Å²) in [5.41, 5.74) is 1.45. The van der Waals surface area contributed by atoms with Crippen LogP contribution in [0.2, 0.25) is 0 Å².